The van der Waals surface area contributed by atoms with Crippen LogP contribution in [0.15, 0.2) is 12.2 Å². The maximum Gasteiger partial charge on any atom is 0.0991 e. The van der Waals surface area contributed by atoms with Gasteiger partial charge in [0.25, 0.3) is 0 Å². The molecule has 1 heteroatoms. The topological polar surface area (TPSA) is 12.5 Å². The van der Waals surface area contributed by atoms with Crippen LogP contribution in [0.2, 0.25) is 0 Å². The van der Waals surface area contributed by atoms with E-state index in [1.54, 1.807) is 0 Å². The Hall–Kier alpha value is -0.300. The third kappa shape index (κ3) is 6.41. The molecule has 1 heterocycles. The van der Waals surface area contributed by atoms with E-state index in [-0.39, 0.29) is 0 Å². The molecule has 1 aliphatic rings. The SMILES string of the molecule is CC.CC[C@H](C)C/C=C/C1CO1. The molecule has 0 spiro atoms. The van der Waals surface area contributed by atoms with E-state index in [0.717, 1.165) is 12.5 Å². The molecule has 0 aromatic heterocycles. The van der Waals surface area contributed by atoms with Gasteiger partial charge in [-0.1, -0.05) is 46.3 Å². The van der Waals surface area contributed by atoms with E-state index in [0.29, 0.717) is 6.10 Å². The summed E-state index contributed by atoms with van der Waals surface area (Å²) >= 11 is 0. The van der Waals surface area contributed by atoms with Crippen LogP contribution < -0.4 is 0 Å². The van der Waals surface area contributed by atoms with Crippen molar-refractivity contribution in [3.63, 3.8) is 0 Å². The molecule has 0 radical (unpaired) electrons. The zero-order valence-electron chi connectivity index (χ0n) is 8.84. The third-order valence-electron chi connectivity index (χ3n) is 1.95. The number of epoxide rings is 1. The van der Waals surface area contributed by atoms with Crippen molar-refractivity contribution < 1.29 is 4.74 Å². The lowest BCUT2D eigenvalue weighted by molar-refractivity contribution is 0.439. The molecule has 0 aromatic rings. The average molecular weight is 170 g/mol. The molecule has 2 atom stereocenters. The highest BCUT2D eigenvalue weighted by atomic mass is 16.6. The smallest absolute Gasteiger partial charge is 0.0991 e. The van der Waals surface area contributed by atoms with Crippen molar-refractivity contribution in [2.24, 2.45) is 5.92 Å². The van der Waals surface area contributed by atoms with Gasteiger partial charge in [-0.3, -0.25) is 0 Å². The highest BCUT2D eigenvalue weighted by Gasteiger charge is 2.17. The Bertz CT molecular complexity index is 114. The predicted molar refractivity (Wildman–Crippen MR) is 54.3 cm³/mol. The second-order valence-electron chi connectivity index (χ2n) is 3.05. The Balaban J connectivity index is 0.000000561. The summed E-state index contributed by atoms with van der Waals surface area (Å²) in [6.07, 6.45) is 7.36. The highest BCUT2D eigenvalue weighted by molar-refractivity contribution is 4.95. The van der Waals surface area contributed by atoms with Crippen LogP contribution in [0.5, 0.6) is 0 Å². The molecule has 1 unspecified atom stereocenters. The van der Waals surface area contributed by atoms with Crippen LogP contribution in [0.3, 0.4) is 0 Å². The van der Waals surface area contributed by atoms with Gasteiger partial charge in [-0.2, -0.15) is 0 Å². The second kappa shape index (κ2) is 7.35. The molecule has 1 saturated heterocycles. The number of hydrogen-bond acceptors (Lipinski definition) is 1. The Morgan fingerprint density at radius 1 is 1.50 bits per heavy atom. The normalized spacial score (nSPS) is 23.2. The first kappa shape index (κ1) is 11.7. The number of rotatable bonds is 4. The molecule has 1 rings (SSSR count). The first-order chi connectivity index (χ1) is 5.83. The van der Waals surface area contributed by atoms with Gasteiger partial charge in [0.05, 0.1) is 12.7 Å². The summed E-state index contributed by atoms with van der Waals surface area (Å²) in [4.78, 5) is 0. The zero-order valence-corrected chi connectivity index (χ0v) is 8.84. The van der Waals surface area contributed by atoms with E-state index in [4.69, 9.17) is 4.74 Å². The number of ether oxygens (including phenoxy) is 1. The van der Waals surface area contributed by atoms with Crippen LogP contribution >= 0.6 is 0 Å². The molecule has 0 aromatic carbocycles. The summed E-state index contributed by atoms with van der Waals surface area (Å²) in [5.41, 5.74) is 0. The summed E-state index contributed by atoms with van der Waals surface area (Å²) in [5, 5.41) is 0. The van der Waals surface area contributed by atoms with Gasteiger partial charge in [-0.25, -0.2) is 0 Å². The van der Waals surface area contributed by atoms with E-state index in [1.165, 1.54) is 12.8 Å². The van der Waals surface area contributed by atoms with Crippen molar-refractivity contribution in [2.75, 3.05) is 6.61 Å². The maximum atomic E-state index is 5.04. The van der Waals surface area contributed by atoms with Crippen molar-refractivity contribution >= 4 is 0 Å². The van der Waals surface area contributed by atoms with E-state index >= 15 is 0 Å². The quantitative estimate of drug-likeness (QED) is 0.465. The fourth-order valence-electron chi connectivity index (χ4n) is 0.796. The van der Waals surface area contributed by atoms with Gasteiger partial charge >= 0.3 is 0 Å². The highest BCUT2D eigenvalue weighted by Crippen LogP contribution is 2.12. The molecule has 72 valence electrons. The van der Waals surface area contributed by atoms with Crippen LogP contribution in [0, 0.1) is 5.92 Å². The van der Waals surface area contributed by atoms with Crippen molar-refractivity contribution in [1.29, 1.82) is 0 Å². The molecule has 12 heavy (non-hydrogen) atoms. The standard InChI is InChI=1S/C9H16O.C2H6/c1-3-8(2)5-4-6-9-7-10-9;1-2/h4,6,8-9H,3,5,7H2,1-2H3;1-2H3/b6-4+;/t8-,9?;/m0./s1. The van der Waals surface area contributed by atoms with Crippen molar-refractivity contribution in [3.05, 3.63) is 12.2 Å². The molecule has 1 aliphatic heterocycles. The molecule has 0 bridgehead atoms. The van der Waals surface area contributed by atoms with Crippen LogP contribution in [-0.2, 0) is 4.74 Å². The summed E-state index contributed by atoms with van der Waals surface area (Å²) in [5.74, 6) is 0.829. The van der Waals surface area contributed by atoms with Crippen LogP contribution in [0.1, 0.15) is 40.5 Å². The van der Waals surface area contributed by atoms with Crippen LogP contribution in [0.25, 0.3) is 0 Å². The lowest BCUT2D eigenvalue weighted by Gasteiger charge is -2.01. The van der Waals surface area contributed by atoms with E-state index < -0.39 is 0 Å². The second-order valence-corrected chi connectivity index (χ2v) is 3.05. The molecule has 0 N–H and O–H groups in total. The molecule has 0 saturated carbocycles. The first-order valence-corrected chi connectivity index (χ1v) is 5.11. The minimum Gasteiger partial charge on any atom is -0.369 e. The number of allylic oxidation sites excluding steroid dienone is 1. The van der Waals surface area contributed by atoms with Gasteiger partial charge in [0.2, 0.25) is 0 Å². The van der Waals surface area contributed by atoms with E-state index in [2.05, 4.69) is 26.0 Å². The summed E-state index contributed by atoms with van der Waals surface area (Å²) in [6.45, 7) is 9.45. The maximum absolute atomic E-state index is 5.04. The molecular formula is C11H22O. The first-order valence-electron chi connectivity index (χ1n) is 5.11. The van der Waals surface area contributed by atoms with Gasteiger partial charge in [0, 0.05) is 0 Å². The summed E-state index contributed by atoms with van der Waals surface area (Å²) in [6, 6.07) is 0. The van der Waals surface area contributed by atoms with E-state index in [9.17, 15) is 0 Å². The Labute approximate surface area is 76.8 Å². The van der Waals surface area contributed by atoms with Gasteiger partial charge in [-0.15, -0.1) is 0 Å². The Kier molecular flexibility index (Phi) is 7.17. The Morgan fingerprint density at radius 3 is 2.50 bits per heavy atom. The predicted octanol–water partition coefficient (Wildman–Crippen LogP) is 3.40. The van der Waals surface area contributed by atoms with E-state index in [1.807, 2.05) is 13.8 Å². The van der Waals surface area contributed by atoms with Crippen molar-refractivity contribution in [3.8, 4) is 0 Å². The molecule has 1 fully saturated rings. The average Bonchev–Trinajstić information content (AvgIpc) is 2.92. The minimum atomic E-state index is 0.462. The largest absolute Gasteiger partial charge is 0.369 e. The van der Waals surface area contributed by atoms with Crippen LogP contribution in [0.4, 0.5) is 0 Å². The van der Waals surface area contributed by atoms with Crippen molar-refractivity contribution in [1.82, 2.24) is 0 Å². The molecule has 1 nitrogen and oxygen atoms in total. The van der Waals surface area contributed by atoms with Crippen molar-refractivity contribution in [2.45, 2.75) is 46.6 Å². The zero-order chi connectivity index (χ0) is 9.40. The van der Waals surface area contributed by atoms with Gasteiger partial charge in [0.15, 0.2) is 0 Å². The van der Waals surface area contributed by atoms with Gasteiger partial charge in [-0.05, 0) is 12.3 Å². The fourth-order valence-corrected chi connectivity index (χ4v) is 0.796. The summed E-state index contributed by atoms with van der Waals surface area (Å²) < 4.78 is 5.04. The Morgan fingerprint density at radius 2 is 2.08 bits per heavy atom. The lowest BCUT2D eigenvalue weighted by Crippen LogP contribution is -1.88. The van der Waals surface area contributed by atoms with Crippen LogP contribution in [-0.4, -0.2) is 12.7 Å². The molecule has 0 amide bonds. The lowest BCUT2D eigenvalue weighted by atomic mass is 10.1. The third-order valence-corrected chi connectivity index (χ3v) is 1.95. The fraction of sp³-hybridized carbons (Fsp3) is 0.818. The minimum absolute atomic E-state index is 0.462. The number of hydrogen-bond donors (Lipinski definition) is 0. The van der Waals surface area contributed by atoms with Gasteiger partial charge < -0.3 is 4.74 Å². The summed E-state index contributed by atoms with van der Waals surface area (Å²) in [7, 11) is 0. The monoisotopic (exact) mass is 170 g/mol. The molecule has 0 aliphatic carbocycles. The molecular weight excluding hydrogens is 148 g/mol. The van der Waals surface area contributed by atoms with Gasteiger partial charge in [0.1, 0.15) is 0 Å².